The van der Waals surface area contributed by atoms with Crippen LogP contribution in [-0.4, -0.2) is 19.7 Å². The summed E-state index contributed by atoms with van der Waals surface area (Å²) in [5, 5.41) is 8.47. The lowest BCUT2D eigenvalue weighted by Crippen LogP contribution is -1.93. The van der Waals surface area contributed by atoms with Crippen LogP contribution >= 0.6 is 11.8 Å². The van der Waals surface area contributed by atoms with Crippen LogP contribution in [0.15, 0.2) is 37.7 Å². The molecule has 2 aromatic heterocycles. The Morgan fingerprint density at radius 1 is 1.50 bits per heavy atom. The smallest absolute Gasteiger partial charge is 0.408 e. The topological polar surface area (TPSA) is 103 Å². The third-order valence-corrected chi connectivity index (χ3v) is 3.55. The van der Waals surface area contributed by atoms with E-state index in [1.807, 2.05) is 7.05 Å². The molecule has 0 saturated carbocycles. The summed E-state index contributed by atoms with van der Waals surface area (Å²) in [5.41, 5.74) is 7.49. The second-order valence-electron chi connectivity index (χ2n) is 3.73. The molecule has 0 bridgehead atoms. The molecular formula is C10H9N5O2S. The number of rotatable bonds is 2. The highest BCUT2D eigenvalue weighted by atomic mass is 32.2. The van der Waals surface area contributed by atoms with Crippen LogP contribution in [-0.2, 0) is 7.05 Å². The molecule has 3 rings (SSSR count). The first kappa shape index (κ1) is 10.9. The van der Waals surface area contributed by atoms with Crippen LogP contribution in [0.5, 0.6) is 0 Å². The van der Waals surface area contributed by atoms with Crippen LogP contribution in [0.1, 0.15) is 0 Å². The number of oxazole rings is 1. The van der Waals surface area contributed by atoms with E-state index in [0.29, 0.717) is 21.9 Å². The van der Waals surface area contributed by atoms with Gasteiger partial charge in [-0.3, -0.25) is 4.98 Å². The average molecular weight is 263 g/mol. The van der Waals surface area contributed by atoms with Crippen LogP contribution in [0, 0.1) is 0 Å². The number of anilines is 1. The van der Waals surface area contributed by atoms with Crippen molar-refractivity contribution in [2.45, 2.75) is 10.1 Å². The molecule has 0 aliphatic carbocycles. The van der Waals surface area contributed by atoms with E-state index in [4.69, 9.17) is 10.2 Å². The fraction of sp³-hybridized carbons (Fsp3) is 0.100. The predicted octanol–water partition coefficient (Wildman–Crippen LogP) is 0.983. The van der Waals surface area contributed by atoms with Gasteiger partial charge in [0, 0.05) is 23.7 Å². The van der Waals surface area contributed by atoms with Crippen molar-refractivity contribution in [2.24, 2.45) is 7.05 Å². The Morgan fingerprint density at radius 3 is 3.06 bits per heavy atom. The zero-order chi connectivity index (χ0) is 12.7. The number of fused-ring (bicyclic) bond motifs is 1. The van der Waals surface area contributed by atoms with Gasteiger partial charge in [0.25, 0.3) is 0 Å². The molecule has 0 unspecified atom stereocenters. The number of nitrogen functional groups attached to an aromatic ring is 1. The average Bonchev–Trinajstić information content (AvgIpc) is 2.85. The van der Waals surface area contributed by atoms with E-state index in [1.54, 1.807) is 23.0 Å². The maximum absolute atomic E-state index is 11.1. The summed E-state index contributed by atoms with van der Waals surface area (Å²) in [4.78, 5) is 14.5. The lowest BCUT2D eigenvalue weighted by molar-refractivity contribution is 0.555. The lowest BCUT2D eigenvalue weighted by atomic mass is 10.3. The Morgan fingerprint density at radius 2 is 2.33 bits per heavy atom. The Bertz CT molecular complexity index is 772. The molecule has 92 valence electrons. The zero-order valence-corrected chi connectivity index (χ0v) is 10.2. The van der Waals surface area contributed by atoms with Gasteiger partial charge in [0.05, 0.1) is 5.52 Å². The second-order valence-corrected chi connectivity index (χ2v) is 4.74. The number of hydrogen-bond donors (Lipinski definition) is 2. The molecule has 3 aromatic rings. The van der Waals surface area contributed by atoms with Crippen molar-refractivity contribution in [3.8, 4) is 0 Å². The number of hydrogen-bond acceptors (Lipinski definition) is 6. The van der Waals surface area contributed by atoms with E-state index < -0.39 is 5.76 Å². The molecule has 0 aliphatic rings. The van der Waals surface area contributed by atoms with Crippen molar-refractivity contribution in [1.82, 2.24) is 19.7 Å². The SMILES string of the molecule is Cn1cnnc1Sc1cc2[nH]c(=O)oc2cc1N. The number of aromatic nitrogens is 4. The van der Waals surface area contributed by atoms with E-state index >= 15 is 0 Å². The summed E-state index contributed by atoms with van der Waals surface area (Å²) in [6, 6.07) is 3.38. The van der Waals surface area contributed by atoms with Gasteiger partial charge in [-0.2, -0.15) is 0 Å². The Balaban J connectivity index is 2.08. The molecule has 0 amide bonds. The maximum atomic E-state index is 11.1. The number of nitrogens with two attached hydrogens (primary N) is 1. The first-order valence-electron chi connectivity index (χ1n) is 5.07. The van der Waals surface area contributed by atoms with Gasteiger partial charge in [-0.05, 0) is 17.8 Å². The van der Waals surface area contributed by atoms with Gasteiger partial charge in [0.15, 0.2) is 10.7 Å². The summed E-state index contributed by atoms with van der Waals surface area (Å²) in [7, 11) is 1.84. The number of aryl methyl sites for hydroxylation is 1. The van der Waals surface area contributed by atoms with Crippen molar-refractivity contribution in [2.75, 3.05) is 5.73 Å². The number of benzene rings is 1. The second kappa shape index (κ2) is 3.91. The quantitative estimate of drug-likeness (QED) is 0.668. The Labute approximate surface area is 105 Å². The summed E-state index contributed by atoms with van der Waals surface area (Å²) in [6.07, 6.45) is 1.61. The van der Waals surface area contributed by atoms with Crippen LogP contribution in [0.2, 0.25) is 0 Å². The third kappa shape index (κ3) is 1.76. The van der Waals surface area contributed by atoms with E-state index in [9.17, 15) is 4.79 Å². The van der Waals surface area contributed by atoms with Gasteiger partial charge < -0.3 is 14.7 Å². The first-order chi connectivity index (χ1) is 8.63. The molecule has 0 fully saturated rings. The van der Waals surface area contributed by atoms with Crippen molar-refractivity contribution >= 4 is 28.5 Å². The highest BCUT2D eigenvalue weighted by molar-refractivity contribution is 7.99. The molecule has 0 spiro atoms. The van der Waals surface area contributed by atoms with Crippen molar-refractivity contribution < 1.29 is 4.42 Å². The van der Waals surface area contributed by atoms with Crippen molar-refractivity contribution in [3.63, 3.8) is 0 Å². The van der Waals surface area contributed by atoms with E-state index in [-0.39, 0.29) is 0 Å². The highest BCUT2D eigenvalue weighted by Gasteiger charge is 2.10. The molecule has 7 nitrogen and oxygen atoms in total. The highest BCUT2D eigenvalue weighted by Crippen LogP contribution is 2.32. The fourth-order valence-corrected chi connectivity index (χ4v) is 2.37. The van der Waals surface area contributed by atoms with Gasteiger partial charge in [0.1, 0.15) is 6.33 Å². The molecule has 0 atom stereocenters. The molecule has 8 heteroatoms. The third-order valence-electron chi connectivity index (χ3n) is 2.42. The molecule has 0 aliphatic heterocycles. The largest absolute Gasteiger partial charge is 0.417 e. The number of H-pyrrole nitrogens is 1. The Hall–Kier alpha value is -2.22. The first-order valence-corrected chi connectivity index (χ1v) is 5.89. The van der Waals surface area contributed by atoms with Crippen LogP contribution < -0.4 is 11.5 Å². The summed E-state index contributed by atoms with van der Waals surface area (Å²) in [6.45, 7) is 0. The van der Waals surface area contributed by atoms with E-state index in [1.165, 1.54) is 11.8 Å². The fourth-order valence-electron chi connectivity index (χ4n) is 1.54. The van der Waals surface area contributed by atoms with Gasteiger partial charge in [-0.15, -0.1) is 10.2 Å². The summed E-state index contributed by atoms with van der Waals surface area (Å²) < 4.78 is 6.71. The predicted molar refractivity (Wildman–Crippen MR) is 66.4 cm³/mol. The van der Waals surface area contributed by atoms with Crippen molar-refractivity contribution in [1.29, 1.82) is 0 Å². The van der Waals surface area contributed by atoms with E-state index in [0.717, 1.165) is 4.90 Å². The summed E-state index contributed by atoms with van der Waals surface area (Å²) >= 11 is 1.37. The molecule has 0 radical (unpaired) electrons. The maximum Gasteiger partial charge on any atom is 0.417 e. The normalized spacial score (nSPS) is 11.2. The number of aromatic amines is 1. The standard InChI is InChI=1S/C10H9N5O2S/c1-15-4-12-14-9(15)18-8-3-6-7(2-5(8)11)17-10(16)13-6/h2-4H,11H2,1H3,(H,13,16). The van der Waals surface area contributed by atoms with Crippen LogP contribution in [0.25, 0.3) is 11.1 Å². The van der Waals surface area contributed by atoms with Crippen LogP contribution in [0.3, 0.4) is 0 Å². The molecule has 18 heavy (non-hydrogen) atoms. The van der Waals surface area contributed by atoms with Gasteiger partial charge in [0.2, 0.25) is 0 Å². The minimum absolute atomic E-state index is 0.444. The molecule has 2 heterocycles. The molecule has 1 aromatic carbocycles. The van der Waals surface area contributed by atoms with Crippen molar-refractivity contribution in [3.05, 3.63) is 29.0 Å². The van der Waals surface area contributed by atoms with Gasteiger partial charge in [-0.25, -0.2) is 4.79 Å². The molecule has 3 N–H and O–H groups in total. The number of nitrogens with one attached hydrogen (secondary N) is 1. The number of nitrogens with zero attached hydrogens (tertiary/aromatic N) is 3. The van der Waals surface area contributed by atoms with Gasteiger partial charge in [-0.1, -0.05) is 0 Å². The lowest BCUT2D eigenvalue weighted by Gasteiger charge is -2.03. The van der Waals surface area contributed by atoms with Crippen LogP contribution in [0.4, 0.5) is 5.69 Å². The van der Waals surface area contributed by atoms with Gasteiger partial charge >= 0.3 is 5.76 Å². The monoisotopic (exact) mass is 263 g/mol. The Kier molecular flexibility index (Phi) is 2.37. The molecule has 0 saturated heterocycles. The summed E-state index contributed by atoms with van der Waals surface area (Å²) in [5.74, 6) is -0.495. The molecular weight excluding hydrogens is 254 g/mol. The zero-order valence-electron chi connectivity index (χ0n) is 9.38. The minimum Gasteiger partial charge on any atom is -0.408 e. The minimum atomic E-state index is -0.495. The van der Waals surface area contributed by atoms with E-state index in [2.05, 4.69) is 15.2 Å².